The fourth-order valence-corrected chi connectivity index (χ4v) is 6.01. The molecule has 0 aliphatic rings. The maximum Gasteiger partial charge on any atom is 0.150 e. The zero-order valence-corrected chi connectivity index (χ0v) is 34.9. The van der Waals surface area contributed by atoms with Gasteiger partial charge in [0.1, 0.15) is 24.1 Å². The summed E-state index contributed by atoms with van der Waals surface area (Å²) in [6, 6.07) is 22.5. The minimum atomic E-state index is 0.638. The third-order valence-corrected chi connectivity index (χ3v) is 9.33. The number of hydrogen-bond donors (Lipinski definition) is 2. The van der Waals surface area contributed by atoms with Gasteiger partial charge in [0.25, 0.3) is 0 Å². The lowest BCUT2D eigenvalue weighted by molar-refractivity contribution is 0.111. The van der Waals surface area contributed by atoms with Crippen LogP contribution in [0.15, 0.2) is 82.8 Å². The monoisotopic (exact) mass is 771 g/mol. The molecule has 0 heterocycles. The fourth-order valence-electron chi connectivity index (χ4n) is 6.01. The summed E-state index contributed by atoms with van der Waals surface area (Å²) in [6.07, 6.45) is 31.7. The molecule has 0 saturated heterocycles. The van der Waals surface area contributed by atoms with Crippen molar-refractivity contribution in [1.29, 1.82) is 0 Å². The van der Waals surface area contributed by atoms with Gasteiger partial charge < -0.3 is 20.9 Å². The van der Waals surface area contributed by atoms with Gasteiger partial charge in [-0.05, 0) is 80.2 Å². The second-order valence-electron chi connectivity index (χ2n) is 14.2. The molecule has 0 saturated carbocycles. The average molecular weight is 771 g/mol. The topological polar surface area (TPSA) is 129 Å². The Morgan fingerprint density at radius 3 is 1.11 bits per heavy atom. The van der Waals surface area contributed by atoms with Crippen molar-refractivity contribution in [2.24, 2.45) is 21.5 Å². The van der Waals surface area contributed by atoms with Gasteiger partial charge in [0.15, 0.2) is 0 Å². The smallest absolute Gasteiger partial charge is 0.150 e. The standard InChI is InChI=1S/C28H38N2O2.C12H28N2.C8H8O2/c1-32-28-17-13-15-26(21-28)23-30-19-11-9-7-5-3-2-4-6-8-10-18-29-22-25-14-12-16-27(20-25)24-31;13-11-9-7-5-3-1-2-4-6-8-10-12-14;1-10-8-4-2-3-7(5-8)6-9/h12-17,20-24H,2-11,18-19H2,1H3;1-14H2;2-6H,1H3. The zero-order valence-electron chi connectivity index (χ0n) is 34.9. The summed E-state index contributed by atoms with van der Waals surface area (Å²) in [7, 11) is 3.26. The van der Waals surface area contributed by atoms with Crippen LogP contribution in [0.4, 0.5) is 0 Å². The van der Waals surface area contributed by atoms with E-state index in [2.05, 4.69) is 16.1 Å². The molecule has 0 radical (unpaired) electrons. The van der Waals surface area contributed by atoms with Crippen LogP contribution in [0.2, 0.25) is 0 Å². The number of aldehydes is 2. The molecule has 4 N–H and O–H groups in total. The number of unbranched alkanes of at least 4 members (excludes halogenated alkanes) is 18. The van der Waals surface area contributed by atoms with Crippen LogP contribution < -0.4 is 20.9 Å². The third kappa shape index (κ3) is 29.2. The van der Waals surface area contributed by atoms with Crippen LogP contribution in [0.25, 0.3) is 0 Å². The Morgan fingerprint density at radius 2 is 0.732 bits per heavy atom. The Balaban J connectivity index is 0.000000533. The molecular formula is C48H74N4O4. The van der Waals surface area contributed by atoms with Crippen molar-refractivity contribution in [2.75, 3.05) is 40.4 Å². The maximum absolute atomic E-state index is 10.8. The quantitative estimate of drug-likeness (QED) is 0.0394. The van der Waals surface area contributed by atoms with Gasteiger partial charge in [-0.15, -0.1) is 0 Å². The number of ether oxygens (including phenoxy) is 2. The Kier molecular flexibility index (Phi) is 33.6. The van der Waals surface area contributed by atoms with Crippen LogP contribution in [0.5, 0.6) is 11.5 Å². The molecule has 8 nitrogen and oxygen atoms in total. The van der Waals surface area contributed by atoms with Gasteiger partial charge in [-0.3, -0.25) is 19.6 Å². The molecule has 0 amide bonds. The summed E-state index contributed by atoms with van der Waals surface area (Å²) in [5.41, 5.74) is 14.3. The lowest BCUT2D eigenvalue weighted by Crippen LogP contribution is -1.97. The van der Waals surface area contributed by atoms with Gasteiger partial charge in [0, 0.05) is 36.6 Å². The van der Waals surface area contributed by atoms with Crippen molar-refractivity contribution in [3.05, 3.63) is 95.1 Å². The van der Waals surface area contributed by atoms with Gasteiger partial charge in [-0.25, -0.2) is 0 Å². The minimum absolute atomic E-state index is 0.638. The van der Waals surface area contributed by atoms with Crippen LogP contribution in [-0.2, 0) is 0 Å². The minimum Gasteiger partial charge on any atom is -0.497 e. The normalized spacial score (nSPS) is 10.8. The van der Waals surface area contributed by atoms with Crippen molar-refractivity contribution < 1.29 is 19.1 Å². The number of nitrogens with zero attached hydrogens (tertiary/aromatic N) is 2. The highest BCUT2D eigenvalue weighted by atomic mass is 16.5. The van der Waals surface area contributed by atoms with Crippen molar-refractivity contribution in [3.8, 4) is 11.5 Å². The first-order chi connectivity index (χ1) is 27.6. The third-order valence-electron chi connectivity index (χ3n) is 9.33. The molecule has 3 aromatic rings. The van der Waals surface area contributed by atoms with E-state index in [0.29, 0.717) is 16.9 Å². The van der Waals surface area contributed by atoms with Gasteiger partial charge in [-0.2, -0.15) is 0 Å². The van der Waals surface area contributed by atoms with E-state index in [1.165, 1.54) is 122 Å². The van der Waals surface area contributed by atoms with Crippen molar-refractivity contribution in [1.82, 2.24) is 0 Å². The van der Waals surface area contributed by atoms with Crippen molar-refractivity contribution >= 4 is 25.0 Å². The van der Waals surface area contributed by atoms with E-state index in [0.717, 1.165) is 62.0 Å². The summed E-state index contributed by atoms with van der Waals surface area (Å²) in [4.78, 5) is 30.0. The molecule has 0 aliphatic carbocycles. The summed E-state index contributed by atoms with van der Waals surface area (Å²) >= 11 is 0. The second kappa shape index (κ2) is 37.8. The number of carbonyl (C=O) groups is 2. The Bertz CT molecular complexity index is 1420. The first-order valence-corrected chi connectivity index (χ1v) is 21.3. The molecule has 0 unspecified atom stereocenters. The number of benzene rings is 3. The molecule has 0 spiro atoms. The number of rotatable bonds is 30. The Hall–Kier alpha value is -4.14. The van der Waals surface area contributed by atoms with E-state index in [1.54, 1.807) is 38.5 Å². The molecule has 310 valence electrons. The van der Waals surface area contributed by atoms with E-state index < -0.39 is 0 Å². The van der Waals surface area contributed by atoms with Crippen LogP contribution in [0.3, 0.4) is 0 Å². The van der Waals surface area contributed by atoms with Gasteiger partial charge in [-0.1, -0.05) is 145 Å². The number of methoxy groups -OCH3 is 2. The maximum atomic E-state index is 10.8. The second-order valence-corrected chi connectivity index (χ2v) is 14.2. The highest BCUT2D eigenvalue weighted by molar-refractivity contribution is 5.84. The van der Waals surface area contributed by atoms with Crippen LogP contribution in [0.1, 0.15) is 160 Å². The first-order valence-electron chi connectivity index (χ1n) is 21.3. The predicted octanol–water partition coefficient (Wildman–Crippen LogP) is 11.3. The molecule has 0 fully saturated rings. The van der Waals surface area contributed by atoms with Gasteiger partial charge >= 0.3 is 0 Å². The van der Waals surface area contributed by atoms with Crippen LogP contribution in [0, 0.1) is 0 Å². The fraction of sp³-hybridized carbons (Fsp3) is 0.542. The van der Waals surface area contributed by atoms with Gasteiger partial charge in [0.2, 0.25) is 0 Å². The number of carbonyl (C=O) groups excluding carboxylic acids is 2. The molecular weight excluding hydrogens is 697 g/mol. The Morgan fingerprint density at radius 1 is 0.429 bits per heavy atom. The predicted molar refractivity (Wildman–Crippen MR) is 239 cm³/mol. The summed E-state index contributed by atoms with van der Waals surface area (Å²) in [6.45, 7) is 3.49. The lowest BCUT2D eigenvalue weighted by atomic mass is 10.1. The largest absolute Gasteiger partial charge is 0.497 e. The van der Waals surface area contributed by atoms with E-state index in [-0.39, 0.29) is 0 Å². The van der Waals surface area contributed by atoms with E-state index >= 15 is 0 Å². The van der Waals surface area contributed by atoms with Crippen molar-refractivity contribution in [2.45, 2.75) is 128 Å². The van der Waals surface area contributed by atoms with Crippen LogP contribution >= 0.6 is 0 Å². The SMILES string of the molecule is COc1cccc(C=NCCCCCCCCCCCCN=Cc2cccc(C=O)c2)c1.COc1cccc(C=O)c1.NCCCCCCCCCCCCN. The van der Waals surface area contributed by atoms with Crippen molar-refractivity contribution in [3.63, 3.8) is 0 Å². The Labute approximate surface area is 340 Å². The van der Waals surface area contributed by atoms with E-state index in [9.17, 15) is 9.59 Å². The number of hydrogen-bond acceptors (Lipinski definition) is 8. The molecule has 3 aromatic carbocycles. The molecule has 3 rings (SSSR count). The highest BCUT2D eigenvalue weighted by Crippen LogP contribution is 2.14. The van der Waals surface area contributed by atoms with E-state index in [1.807, 2.05) is 54.9 Å². The summed E-state index contributed by atoms with van der Waals surface area (Å²) < 4.78 is 10.1. The molecule has 0 aliphatic heterocycles. The summed E-state index contributed by atoms with van der Waals surface area (Å²) in [5, 5.41) is 0. The molecule has 0 bridgehead atoms. The number of nitrogens with two attached hydrogens (primary N) is 2. The highest BCUT2D eigenvalue weighted by Gasteiger charge is 1.96. The molecule has 0 aromatic heterocycles. The molecule has 0 atom stereocenters. The lowest BCUT2D eigenvalue weighted by Gasteiger charge is -2.02. The van der Waals surface area contributed by atoms with Crippen LogP contribution in [-0.4, -0.2) is 65.4 Å². The summed E-state index contributed by atoms with van der Waals surface area (Å²) in [5.74, 6) is 1.59. The zero-order chi connectivity index (χ0) is 40.6. The van der Waals surface area contributed by atoms with Gasteiger partial charge in [0.05, 0.1) is 14.2 Å². The first kappa shape index (κ1) is 49.9. The van der Waals surface area contributed by atoms with E-state index in [4.69, 9.17) is 20.9 Å². The average Bonchev–Trinajstić information content (AvgIpc) is 3.24. The molecule has 8 heteroatoms. The molecule has 56 heavy (non-hydrogen) atoms. The number of aliphatic imine (C=N–C) groups is 2.